The first-order chi connectivity index (χ1) is 6.67. The van der Waals surface area contributed by atoms with Crippen molar-refractivity contribution in [1.82, 2.24) is 0 Å². The van der Waals surface area contributed by atoms with Crippen LogP contribution in [0.3, 0.4) is 0 Å². The standard InChI is InChI=1S/C11H9BrO2/c1-11(6-13-11)10-5-7-4-8(12)2-3-9(7)14-10/h2-5H,6H2,1H3. The minimum Gasteiger partial charge on any atom is -0.458 e. The van der Waals surface area contributed by atoms with Crippen LogP contribution in [0, 0.1) is 0 Å². The van der Waals surface area contributed by atoms with Gasteiger partial charge in [0.25, 0.3) is 0 Å². The maximum atomic E-state index is 5.70. The molecule has 1 unspecified atom stereocenters. The van der Waals surface area contributed by atoms with Gasteiger partial charge in [0.1, 0.15) is 16.9 Å². The molecule has 3 heteroatoms. The summed E-state index contributed by atoms with van der Waals surface area (Å²) in [6.45, 7) is 2.80. The van der Waals surface area contributed by atoms with Crippen molar-refractivity contribution in [2.24, 2.45) is 0 Å². The first-order valence-electron chi connectivity index (χ1n) is 4.51. The third-order valence-electron chi connectivity index (χ3n) is 2.58. The van der Waals surface area contributed by atoms with E-state index in [9.17, 15) is 0 Å². The minimum absolute atomic E-state index is 0.175. The predicted octanol–water partition coefficient (Wildman–Crippen LogP) is 3.44. The molecule has 1 aliphatic rings. The Morgan fingerprint density at radius 1 is 1.36 bits per heavy atom. The van der Waals surface area contributed by atoms with Gasteiger partial charge in [0.05, 0.1) is 6.61 Å². The Hall–Kier alpha value is -0.800. The van der Waals surface area contributed by atoms with Crippen LogP contribution in [0.1, 0.15) is 12.7 Å². The molecule has 14 heavy (non-hydrogen) atoms. The molecule has 0 amide bonds. The summed E-state index contributed by atoms with van der Waals surface area (Å²) in [7, 11) is 0. The van der Waals surface area contributed by atoms with Crippen LogP contribution in [-0.2, 0) is 10.3 Å². The molecule has 3 rings (SSSR count). The van der Waals surface area contributed by atoms with Gasteiger partial charge in [0.2, 0.25) is 0 Å². The van der Waals surface area contributed by atoms with Gasteiger partial charge in [-0.2, -0.15) is 0 Å². The van der Waals surface area contributed by atoms with Gasteiger partial charge >= 0.3 is 0 Å². The fraction of sp³-hybridized carbons (Fsp3) is 0.273. The summed E-state index contributed by atoms with van der Waals surface area (Å²) in [5.74, 6) is 0.922. The molecule has 1 fully saturated rings. The van der Waals surface area contributed by atoms with Crippen molar-refractivity contribution in [3.63, 3.8) is 0 Å². The summed E-state index contributed by atoms with van der Waals surface area (Å²) in [4.78, 5) is 0. The number of fused-ring (bicyclic) bond motifs is 1. The van der Waals surface area contributed by atoms with Gasteiger partial charge in [-0.05, 0) is 31.2 Å². The van der Waals surface area contributed by atoms with E-state index in [0.29, 0.717) is 0 Å². The molecule has 1 saturated heterocycles. The molecular weight excluding hydrogens is 244 g/mol. The third-order valence-corrected chi connectivity index (χ3v) is 3.07. The normalized spacial score (nSPS) is 25.6. The van der Waals surface area contributed by atoms with Crippen molar-refractivity contribution >= 4 is 26.9 Å². The van der Waals surface area contributed by atoms with Crippen molar-refractivity contribution in [1.29, 1.82) is 0 Å². The van der Waals surface area contributed by atoms with Gasteiger partial charge in [-0.15, -0.1) is 0 Å². The van der Waals surface area contributed by atoms with Gasteiger partial charge < -0.3 is 9.15 Å². The summed E-state index contributed by atoms with van der Waals surface area (Å²) in [5, 5.41) is 1.12. The van der Waals surface area contributed by atoms with Crippen LogP contribution in [-0.4, -0.2) is 6.61 Å². The highest BCUT2D eigenvalue weighted by Crippen LogP contribution is 2.40. The zero-order valence-corrected chi connectivity index (χ0v) is 9.30. The maximum absolute atomic E-state index is 5.70. The molecule has 0 N–H and O–H groups in total. The van der Waals surface area contributed by atoms with E-state index in [2.05, 4.69) is 15.9 Å². The van der Waals surface area contributed by atoms with Crippen LogP contribution in [0.5, 0.6) is 0 Å². The van der Waals surface area contributed by atoms with Gasteiger partial charge in [-0.1, -0.05) is 15.9 Å². The molecule has 0 radical (unpaired) electrons. The number of rotatable bonds is 1. The van der Waals surface area contributed by atoms with Crippen LogP contribution in [0.25, 0.3) is 11.0 Å². The lowest BCUT2D eigenvalue weighted by molar-refractivity contribution is 0.290. The number of halogens is 1. The van der Waals surface area contributed by atoms with E-state index in [1.807, 2.05) is 31.2 Å². The number of hydrogen-bond donors (Lipinski definition) is 0. The fourth-order valence-corrected chi connectivity index (χ4v) is 1.90. The highest BCUT2D eigenvalue weighted by atomic mass is 79.9. The van der Waals surface area contributed by atoms with E-state index < -0.39 is 0 Å². The van der Waals surface area contributed by atoms with Crippen LogP contribution in [0.2, 0.25) is 0 Å². The van der Waals surface area contributed by atoms with Crippen molar-refractivity contribution in [3.8, 4) is 0 Å². The van der Waals surface area contributed by atoms with Crippen molar-refractivity contribution < 1.29 is 9.15 Å². The SMILES string of the molecule is CC1(c2cc3cc(Br)ccc3o2)CO1. The maximum Gasteiger partial charge on any atom is 0.146 e. The molecule has 1 aliphatic heterocycles. The monoisotopic (exact) mass is 252 g/mol. The predicted molar refractivity (Wildman–Crippen MR) is 57.2 cm³/mol. The summed E-state index contributed by atoms with van der Waals surface area (Å²) in [6.07, 6.45) is 0. The Bertz CT molecular complexity index is 497. The lowest BCUT2D eigenvalue weighted by atomic mass is 10.1. The van der Waals surface area contributed by atoms with E-state index in [-0.39, 0.29) is 5.60 Å². The van der Waals surface area contributed by atoms with Crippen LogP contribution >= 0.6 is 15.9 Å². The second kappa shape index (κ2) is 2.61. The Kier molecular flexibility index (Phi) is 1.59. The van der Waals surface area contributed by atoms with Gasteiger partial charge in [0.15, 0.2) is 0 Å². The Labute approximate surface area is 90.0 Å². The van der Waals surface area contributed by atoms with Crippen molar-refractivity contribution in [2.75, 3.05) is 6.61 Å². The lowest BCUT2D eigenvalue weighted by Crippen LogP contribution is -1.98. The number of epoxide rings is 1. The van der Waals surface area contributed by atoms with E-state index in [1.54, 1.807) is 0 Å². The number of benzene rings is 1. The Morgan fingerprint density at radius 2 is 2.14 bits per heavy atom. The molecule has 0 bridgehead atoms. The highest BCUT2D eigenvalue weighted by molar-refractivity contribution is 9.10. The van der Waals surface area contributed by atoms with E-state index >= 15 is 0 Å². The topological polar surface area (TPSA) is 25.7 Å². The van der Waals surface area contributed by atoms with Gasteiger partial charge in [0, 0.05) is 9.86 Å². The van der Waals surface area contributed by atoms with Gasteiger partial charge in [-0.25, -0.2) is 0 Å². The average molecular weight is 253 g/mol. The highest BCUT2D eigenvalue weighted by Gasteiger charge is 2.44. The van der Waals surface area contributed by atoms with Crippen LogP contribution in [0.4, 0.5) is 0 Å². The largest absolute Gasteiger partial charge is 0.458 e. The second-order valence-electron chi connectivity index (χ2n) is 3.81. The smallest absolute Gasteiger partial charge is 0.146 e. The van der Waals surface area contributed by atoms with E-state index in [4.69, 9.17) is 9.15 Å². The second-order valence-corrected chi connectivity index (χ2v) is 4.73. The molecule has 2 heterocycles. The Balaban J connectivity index is 2.20. The van der Waals surface area contributed by atoms with Crippen LogP contribution in [0.15, 0.2) is 33.2 Å². The molecule has 0 spiro atoms. The van der Waals surface area contributed by atoms with Crippen molar-refractivity contribution in [3.05, 3.63) is 34.5 Å². The lowest BCUT2D eigenvalue weighted by Gasteiger charge is -1.96. The molecule has 0 aliphatic carbocycles. The average Bonchev–Trinajstić information content (AvgIpc) is 2.77. The minimum atomic E-state index is -0.175. The first-order valence-corrected chi connectivity index (χ1v) is 5.30. The summed E-state index contributed by atoms with van der Waals surface area (Å²) >= 11 is 3.43. The third kappa shape index (κ3) is 1.20. The zero-order valence-electron chi connectivity index (χ0n) is 7.71. The molecule has 1 aromatic carbocycles. The molecule has 2 nitrogen and oxygen atoms in total. The quantitative estimate of drug-likeness (QED) is 0.727. The van der Waals surface area contributed by atoms with E-state index in [0.717, 1.165) is 27.8 Å². The molecule has 2 aromatic rings. The van der Waals surface area contributed by atoms with E-state index in [1.165, 1.54) is 0 Å². The number of hydrogen-bond acceptors (Lipinski definition) is 2. The summed E-state index contributed by atoms with van der Waals surface area (Å²) < 4.78 is 12.1. The zero-order chi connectivity index (χ0) is 9.76. The number of furan rings is 1. The molecule has 72 valence electrons. The summed E-state index contributed by atoms with van der Waals surface area (Å²) in [5.41, 5.74) is 0.741. The Morgan fingerprint density at radius 3 is 2.86 bits per heavy atom. The first kappa shape index (κ1) is 8.50. The number of ether oxygens (including phenoxy) is 1. The van der Waals surface area contributed by atoms with Crippen molar-refractivity contribution in [2.45, 2.75) is 12.5 Å². The summed E-state index contributed by atoms with van der Waals surface area (Å²) in [6, 6.07) is 8.04. The molecular formula is C11H9BrO2. The van der Waals surface area contributed by atoms with Gasteiger partial charge in [-0.3, -0.25) is 0 Å². The fourth-order valence-electron chi connectivity index (χ4n) is 1.53. The van der Waals surface area contributed by atoms with Crippen LogP contribution < -0.4 is 0 Å². The molecule has 0 saturated carbocycles. The molecule has 1 aromatic heterocycles. The molecule has 1 atom stereocenters.